The summed E-state index contributed by atoms with van der Waals surface area (Å²) in [6.07, 6.45) is 1.49. The average Bonchev–Trinajstić information content (AvgIpc) is 3.09. The van der Waals surface area contributed by atoms with Gasteiger partial charge in [-0.05, 0) is 30.7 Å². The number of carbonyl (C=O) groups excluding carboxylic acids is 1. The predicted octanol–water partition coefficient (Wildman–Crippen LogP) is 2.93. The third-order valence-corrected chi connectivity index (χ3v) is 5.18. The van der Waals surface area contributed by atoms with Crippen molar-refractivity contribution in [3.8, 4) is 11.5 Å². The van der Waals surface area contributed by atoms with E-state index in [2.05, 4.69) is 16.0 Å². The summed E-state index contributed by atoms with van der Waals surface area (Å²) in [5.74, 6) is 2.43. The number of nitrogens with one attached hydrogen (secondary N) is 1. The van der Waals surface area contributed by atoms with Crippen molar-refractivity contribution in [2.45, 2.75) is 25.9 Å². The molecule has 2 heterocycles. The summed E-state index contributed by atoms with van der Waals surface area (Å²) in [7, 11) is 3.23. The molecule has 27 heavy (non-hydrogen) atoms. The van der Waals surface area contributed by atoms with Crippen LogP contribution in [0.4, 0.5) is 0 Å². The zero-order valence-corrected chi connectivity index (χ0v) is 15.6. The van der Waals surface area contributed by atoms with Crippen molar-refractivity contribution in [2.75, 3.05) is 14.2 Å². The van der Waals surface area contributed by atoms with Gasteiger partial charge in [-0.15, -0.1) is 0 Å². The SMILES string of the molecule is COc1ccc(CNC(=O)C2CCn3c(nc4ccccc43)C2)c(OC)c1. The number of imidazole rings is 1. The Morgan fingerprint density at radius 1 is 1.22 bits per heavy atom. The lowest BCUT2D eigenvalue weighted by Gasteiger charge is -2.23. The lowest BCUT2D eigenvalue weighted by Crippen LogP contribution is -2.35. The van der Waals surface area contributed by atoms with Gasteiger partial charge in [-0.3, -0.25) is 4.79 Å². The first-order valence-electron chi connectivity index (χ1n) is 9.12. The second-order valence-electron chi connectivity index (χ2n) is 6.75. The van der Waals surface area contributed by atoms with Crippen LogP contribution in [0.15, 0.2) is 42.5 Å². The van der Waals surface area contributed by atoms with Gasteiger partial charge < -0.3 is 19.4 Å². The van der Waals surface area contributed by atoms with E-state index >= 15 is 0 Å². The van der Waals surface area contributed by atoms with Gasteiger partial charge in [0.05, 0.1) is 25.3 Å². The minimum atomic E-state index is -0.0569. The normalized spacial score (nSPS) is 16.0. The van der Waals surface area contributed by atoms with Crippen LogP contribution in [0.25, 0.3) is 11.0 Å². The third-order valence-electron chi connectivity index (χ3n) is 5.18. The highest BCUT2D eigenvalue weighted by Gasteiger charge is 2.27. The summed E-state index contributed by atoms with van der Waals surface area (Å²) in [6, 6.07) is 13.7. The fourth-order valence-electron chi connectivity index (χ4n) is 3.69. The molecule has 1 aliphatic heterocycles. The Kier molecular flexibility index (Phi) is 4.71. The van der Waals surface area contributed by atoms with Gasteiger partial charge in [0, 0.05) is 37.1 Å². The number of benzene rings is 2. The fraction of sp³-hybridized carbons (Fsp3) is 0.333. The lowest BCUT2D eigenvalue weighted by molar-refractivity contribution is -0.125. The highest BCUT2D eigenvalue weighted by Crippen LogP contribution is 2.27. The smallest absolute Gasteiger partial charge is 0.223 e. The molecule has 0 radical (unpaired) electrons. The van der Waals surface area contributed by atoms with Crippen LogP contribution in [0.3, 0.4) is 0 Å². The van der Waals surface area contributed by atoms with Gasteiger partial charge >= 0.3 is 0 Å². The maximum absolute atomic E-state index is 12.7. The molecule has 0 aliphatic carbocycles. The Morgan fingerprint density at radius 2 is 2.07 bits per heavy atom. The first kappa shape index (κ1) is 17.4. The number of nitrogens with zero attached hydrogens (tertiary/aromatic N) is 2. The molecule has 1 aliphatic rings. The number of amides is 1. The minimum Gasteiger partial charge on any atom is -0.497 e. The first-order valence-corrected chi connectivity index (χ1v) is 9.12. The number of fused-ring (bicyclic) bond motifs is 3. The standard InChI is InChI=1S/C21H23N3O3/c1-26-16-8-7-15(19(12-16)27-2)13-22-21(25)14-9-10-24-18-6-4-3-5-17(18)23-20(24)11-14/h3-8,12,14H,9-11,13H2,1-2H3,(H,22,25). The number of rotatable bonds is 5. The van der Waals surface area contributed by atoms with Gasteiger partial charge in [0.2, 0.25) is 5.91 Å². The summed E-state index contributed by atoms with van der Waals surface area (Å²) in [6.45, 7) is 1.25. The molecule has 1 aromatic heterocycles. The number of aromatic nitrogens is 2. The van der Waals surface area contributed by atoms with Gasteiger partial charge in [0.15, 0.2) is 0 Å². The van der Waals surface area contributed by atoms with E-state index in [9.17, 15) is 4.79 Å². The van der Waals surface area contributed by atoms with Crippen molar-refractivity contribution in [3.05, 3.63) is 53.9 Å². The van der Waals surface area contributed by atoms with E-state index in [-0.39, 0.29) is 11.8 Å². The van der Waals surface area contributed by atoms with Crippen LogP contribution in [0.5, 0.6) is 11.5 Å². The number of carbonyl (C=O) groups is 1. The van der Waals surface area contributed by atoms with Crippen LogP contribution in [0.1, 0.15) is 17.8 Å². The highest BCUT2D eigenvalue weighted by molar-refractivity contribution is 5.80. The monoisotopic (exact) mass is 365 g/mol. The van der Waals surface area contributed by atoms with Gasteiger partial charge in [-0.1, -0.05) is 12.1 Å². The fourth-order valence-corrected chi connectivity index (χ4v) is 3.69. The maximum Gasteiger partial charge on any atom is 0.223 e. The van der Waals surface area contributed by atoms with Crippen molar-refractivity contribution < 1.29 is 14.3 Å². The van der Waals surface area contributed by atoms with Crippen LogP contribution in [0.2, 0.25) is 0 Å². The molecule has 3 aromatic rings. The molecule has 0 fully saturated rings. The number of ether oxygens (including phenoxy) is 2. The second kappa shape index (κ2) is 7.31. The predicted molar refractivity (Wildman–Crippen MR) is 103 cm³/mol. The van der Waals surface area contributed by atoms with E-state index < -0.39 is 0 Å². The summed E-state index contributed by atoms with van der Waals surface area (Å²) < 4.78 is 12.8. The van der Waals surface area contributed by atoms with E-state index in [0.29, 0.717) is 18.7 Å². The van der Waals surface area contributed by atoms with Crippen LogP contribution < -0.4 is 14.8 Å². The van der Waals surface area contributed by atoms with E-state index in [0.717, 1.165) is 41.1 Å². The van der Waals surface area contributed by atoms with Crippen molar-refractivity contribution >= 4 is 16.9 Å². The Labute approximate surface area is 158 Å². The molecule has 0 saturated heterocycles. The Hall–Kier alpha value is -3.02. The number of aryl methyl sites for hydroxylation is 1. The van der Waals surface area contributed by atoms with E-state index in [1.165, 1.54) is 0 Å². The van der Waals surface area contributed by atoms with Crippen molar-refractivity contribution in [1.82, 2.24) is 14.9 Å². The molecule has 0 saturated carbocycles. The number of para-hydroxylation sites is 2. The van der Waals surface area contributed by atoms with Crippen LogP contribution in [-0.2, 0) is 24.3 Å². The highest BCUT2D eigenvalue weighted by atomic mass is 16.5. The minimum absolute atomic E-state index is 0.0569. The Balaban J connectivity index is 1.44. The van der Waals surface area contributed by atoms with Gasteiger partial charge in [-0.25, -0.2) is 4.98 Å². The summed E-state index contributed by atoms with van der Waals surface area (Å²) >= 11 is 0. The topological polar surface area (TPSA) is 65.4 Å². The molecule has 1 N–H and O–H groups in total. The molecule has 0 spiro atoms. The molecule has 1 amide bonds. The van der Waals surface area contributed by atoms with Crippen molar-refractivity contribution in [1.29, 1.82) is 0 Å². The number of methoxy groups -OCH3 is 2. The van der Waals surface area contributed by atoms with Crippen LogP contribution in [-0.4, -0.2) is 29.7 Å². The molecule has 4 rings (SSSR count). The third kappa shape index (κ3) is 3.35. The zero-order valence-electron chi connectivity index (χ0n) is 15.6. The quantitative estimate of drug-likeness (QED) is 0.755. The number of hydrogen-bond donors (Lipinski definition) is 1. The van der Waals surface area contributed by atoms with Gasteiger partial charge in [-0.2, -0.15) is 0 Å². The maximum atomic E-state index is 12.7. The van der Waals surface area contributed by atoms with Crippen LogP contribution in [0, 0.1) is 5.92 Å². The van der Waals surface area contributed by atoms with E-state index in [1.54, 1.807) is 14.2 Å². The molecule has 6 heteroatoms. The molecule has 0 bridgehead atoms. The van der Waals surface area contributed by atoms with Crippen molar-refractivity contribution in [3.63, 3.8) is 0 Å². The molecule has 140 valence electrons. The molecule has 6 nitrogen and oxygen atoms in total. The summed E-state index contributed by atoms with van der Waals surface area (Å²) in [5, 5.41) is 3.05. The first-order chi connectivity index (χ1) is 13.2. The lowest BCUT2D eigenvalue weighted by atomic mass is 9.96. The summed E-state index contributed by atoms with van der Waals surface area (Å²) in [5.41, 5.74) is 3.07. The van der Waals surface area contributed by atoms with Crippen LogP contribution >= 0.6 is 0 Å². The molecule has 1 unspecified atom stereocenters. The Morgan fingerprint density at radius 3 is 2.89 bits per heavy atom. The van der Waals surface area contributed by atoms with Gasteiger partial charge in [0.1, 0.15) is 17.3 Å². The number of hydrogen-bond acceptors (Lipinski definition) is 4. The van der Waals surface area contributed by atoms with Gasteiger partial charge in [0.25, 0.3) is 0 Å². The molecule has 1 atom stereocenters. The summed E-state index contributed by atoms with van der Waals surface area (Å²) in [4.78, 5) is 17.4. The van der Waals surface area contributed by atoms with E-state index in [4.69, 9.17) is 14.5 Å². The average molecular weight is 365 g/mol. The van der Waals surface area contributed by atoms with Crippen molar-refractivity contribution in [2.24, 2.45) is 5.92 Å². The molecule has 2 aromatic carbocycles. The Bertz CT molecular complexity index is 980. The molecular weight excluding hydrogens is 342 g/mol. The zero-order chi connectivity index (χ0) is 18.8. The largest absolute Gasteiger partial charge is 0.497 e. The second-order valence-corrected chi connectivity index (χ2v) is 6.75. The molecular formula is C21H23N3O3. The van der Waals surface area contributed by atoms with E-state index in [1.807, 2.05) is 36.4 Å².